The van der Waals surface area contributed by atoms with Gasteiger partial charge >= 0.3 is 6.18 Å². The highest BCUT2D eigenvalue weighted by Crippen LogP contribution is 2.32. The molecular formula is C10H8F4O. The van der Waals surface area contributed by atoms with E-state index in [1.54, 1.807) is 0 Å². The number of benzene rings is 1. The summed E-state index contributed by atoms with van der Waals surface area (Å²) in [6.07, 6.45) is -3.18. The van der Waals surface area contributed by atoms with Gasteiger partial charge in [0.25, 0.3) is 0 Å². The van der Waals surface area contributed by atoms with Gasteiger partial charge in [0, 0.05) is 0 Å². The number of hydrogen-bond acceptors (Lipinski definition) is 1. The summed E-state index contributed by atoms with van der Waals surface area (Å²) in [6, 6.07) is 2.01. The molecule has 0 aliphatic heterocycles. The predicted molar refractivity (Wildman–Crippen MR) is 47.1 cm³/mol. The third kappa shape index (κ3) is 2.97. The minimum atomic E-state index is -4.50. The lowest BCUT2D eigenvalue weighted by Crippen LogP contribution is -2.06. The van der Waals surface area contributed by atoms with Crippen LogP contribution in [0.5, 0.6) is 5.75 Å². The third-order valence-corrected chi connectivity index (χ3v) is 1.62. The van der Waals surface area contributed by atoms with Crippen molar-refractivity contribution in [2.75, 3.05) is 6.61 Å². The Kier molecular flexibility index (Phi) is 3.34. The summed E-state index contributed by atoms with van der Waals surface area (Å²) in [6.45, 7) is 3.26. The zero-order chi connectivity index (χ0) is 11.5. The standard InChI is InChI=1S/C10H8F4O/c1-2-5-15-9-6-7(10(12,13)14)3-4-8(9)11/h2-4,6H,1,5H2. The molecule has 0 saturated carbocycles. The Balaban J connectivity index is 3.00. The topological polar surface area (TPSA) is 9.23 Å². The zero-order valence-corrected chi connectivity index (χ0v) is 7.64. The molecule has 0 aliphatic rings. The number of ether oxygens (including phenoxy) is 1. The van der Waals surface area contributed by atoms with Gasteiger partial charge in [-0.1, -0.05) is 12.7 Å². The van der Waals surface area contributed by atoms with Gasteiger partial charge in [0.15, 0.2) is 11.6 Å². The Labute approximate surface area is 84.0 Å². The molecule has 0 bridgehead atoms. The zero-order valence-electron chi connectivity index (χ0n) is 7.64. The molecule has 1 rings (SSSR count). The molecule has 1 aromatic carbocycles. The summed E-state index contributed by atoms with van der Waals surface area (Å²) in [5.74, 6) is -1.26. The van der Waals surface area contributed by atoms with Gasteiger partial charge in [-0.15, -0.1) is 0 Å². The van der Waals surface area contributed by atoms with Crippen molar-refractivity contribution >= 4 is 0 Å². The monoisotopic (exact) mass is 220 g/mol. The van der Waals surface area contributed by atoms with Crippen LogP contribution in [0.3, 0.4) is 0 Å². The Morgan fingerprint density at radius 3 is 2.53 bits per heavy atom. The van der Waals surface area contributed by atoms with Crippen LogP contribution < -0.4 is 4.74 Å². The van der Waals surface area contributed by atoms with Crippen LogP contribution >= 0.6 is 0 Å². The molecule has 0 N–H and O–H groups in total. The van der Waals surface area contributed by atoms with Crippen LogP contribution in [0.4, 0.5) is 17.6 Å². The van der Waals surface area contributed by atoms with Crippen molar-refractivity contribution in [1.82, 2.24) is 0 Å². The Morgan fingerprint density at radius 1 is 1.33 bits per heavy atom. The molecule has 0 heterocycles. The van der Waals surface area contributed by atoms with E-state index in [4.69, 9.17) is 4.74 Å². The molecule has 0 radical (unpaired) electrons. The van der Waals surface area contributed by atoms with Gasteiger partial charge in [0.1, 0.15) is 6.61 Å². The van der Waals surface area contributed by atoms with E-state index in [2.05, 4.69) is 6.58 Å². The molecule has 1 aromatic rings. The maximum atomic E-state index is 13.0. The van der Waals surface area contributed by atoms with Crippen molar-refractivity contribution < 1.29 is 22.3 Å². The molecule has 1 nitrogen and oxygen atoms in total. The number of hydrogen-bond donors (Lipinski definition) is 0. The lowest BCUT2D eigenvalue weighted by Gasteiger charge is -2.09. The van der Waals surface area contributed by atoms with E-state index < -0.39 is 23.3 Å². The molecule has 82 valence electrons. The SMILES string of the molecule is C=CCOc1cc(C(F)(F)F)ccc1F. The van der Waals surface area contributed by atoms with Gasteiger partial charge < -0.3 is 4.74 Å². The average Bonchev–Trinajstić information content (AvgIpc) is 2.15. The van der Waals surface area contributed by atoms with Crippen LogP contribution in [0, 0.1) is 5.82 Å². The first kappa shape index (κ1) is 11.6. The molecule has 15 heavy (non-hydrogen) atoms. The first-order valence-electron chi connectivity index (χ1n) is 4.05. The average molecular weight is 220 g/mol. The lowest BCUT2D eigenvalue weighted by molar-refractivity contribution is -0.137. The molecule has 0 saturated heterocycles. The van der Waals surface area contributed by atoms with Gasteiger partial charge in [-0.05, 0) is 18.2 Å². The summed E-state index contributed by atoms with van der Waals surface area (Å²) >= 11 is 0. The van der Waals surface area contributed by atoms with Crippen LogP contribution in [0.25, 0.3) is 0 Å². The number of rotatable bonds is 3. The van der Waals surface area contributed by atoms with E-state index in [9.17, 15) is 17.6 Å². The molecule has 0 aromatic heterocycles. The van der Waals surface area contributed by atoms with E-state index in [0.29, 0.717) is 12.1 Å². The quantitative estimate of drug-likeness (QED) is 0.560. The smallest absolute Gasteiger partial charge is 0.416 e. The van der Waals surface area contributed by atoms with Crippen molar-refractivity contribution in [1.29, 1.82) is 0 Å². The van der Waals surface area contributed by atoms with E-state index in [0.717, 1.165) is 6.07 Å². The van der Waals surface area contributed by atoms with E-state index >= 15 is 0 Å². The van der Waals surface area contributed by atoms with E-state index in [1.165, 1.54) is 6.08 Å². The number of alkyl halides is 3. The summed E-state index contributed by atoms with van der Waals surface area (Å²) in [5, 5.41) is 0. The van der Waals surface area contributed by atoms with Gasteiger partial charge in [0.2, 0.25) is 0 Å². The molecule has 0 unspecified atom stereocenters. The predicted octanol–water partition coefficient (Wildman–Crippen LogP) is 3.41. The van der Waals surface area contributed by atoms with Crippen molar-refractivity contribution in [3.8, 4) is 5.75 Å². The fourth-order valence-electron chi connectivity index (χ4n) is 0.939. The van der Waals surface area contributed by atoms with Gasteiger partial charge in [-0.25, -0.2) is 4.39 Å². The number of halogens is 4. The molecule has 0 spiro atoms. The Hall–Kier alpha value is -1.52. The van der Waals surface area contributed by atoms with Crippen molar-refractivity contribution in [3.05, 3.63) is 42.2 Å². The third-order valence-electron chi connectivity index (χ3n) is 1.62. The van der Waals surface area contributed by atoms with Gasteiger partial charge in [-0.3, -0.25) is 0 Å². The molecule has 0 atom stereocenters. The second kappa shape index (κ2) is 4.33. The van der Waals surface area contributed by atoms with Crippen LogP contribution in [0.15, 0.2) is 30.9 Å². The highest BCUT2D eigenvalue weighted by molar-refractivity contribution is 5.32. The highest BCUT2D eigenvalue weighted by Gasteiger charge is 2.31. The second-order valence-electron chi connectivity index (χ2n) is 2.74. The van der Waals surface area contributed by atoms with Crippen molar-refractivity contribution in [3.63, 3.8) is 0 Å². The van der Waals surface area contributed by atoms with E-state index in [-0.39, 0.29) is 6.61 Å². The summed E-state index contributed by atoms with van der Waals surface area (Å²) < 4.78 is 54.4. The summed E-state index contributed by atoms with van der Waals surface area (Å²) in [4.78, 5) is 0. The maximum Gasteiger partial charge on any atom is 0.416 e. The summed E-state index contributed by atoms with van der Waals surface area (Å²) in [7, 11) is 0. The van der Waals surface area contributed by atoms with Crippen LogP contribution in [0.1, 0.15) is 5.56 Å². The molecule has 0 fully saturated rings. The first-order valence-corrected chi connectivity index (χ1v) is 4.05. The lowest BCUT2D eigenvalue weighted by atomic mass is 10.2. The Bertz CT molecular complexity index is 357. The fourth-order valence-corrected chi connectivity index (χ4v) is 0.939. The molecular weight excluding hydrogens is 212 g/mol. The van der Waals surface area contributed by atoms with E-state index in [1.807, 2.05) is 0 Å². The normalized spacial score (nSPS) is 11.2. The maximum absolute atomic E-state index is 13.0. The molecule has 5 heteroatoms. The van der Waals surface area contributed by atoms with Gasteiger partial charge in [-0.2, -0.15) is 13.2 Å². The molecule has 0 aliphatic carbocycles. The van der Waals surface area contributed by atoms with Crippen molar-refractivity contribution in [2.24, 2.45) is 0 Å². The highest BCUT2D eigenvalue weighted by atomic mass is 19.4. The molecule has 0 amide bonds. The Morgan fingerprint density at radius 2 is 2.00 bits per heavy atom. The van der Waals surface area contributed by atoms with Crippen LogP contribution in [-0.4, -0.2) is 6.61 Å². The minimum absolute atomic E-state index is 0.0434. The van der Waals surface area contributed by atoms with Gasteiger partial charge in [0.05, 0.1) is 5.56 Å². The fraction of sp³-hybridized carbons (Fsp3) is 0.200. The minimum Gasteiger partial charge on any atom is -0.486 e. The van der Waals surface area contributed by atoms with Crippen molar-refractivity contribution in [2.45, 2.75) is 6.18 Å². The largest absolute Gasteiger partial charge is 0.486 e. The first-order chi connectivity index (χ1) is 6.95. The summed E-state index contributed by atoms with van der Waals surface area (Å²) in [5.41, 5.74) is -0.942. The van der Waals surface area contributed by atoms with Crippen LogP contribution in [0.2, 0.25) is 0 Å². The van der Waals surface area contributed by atoms with Crippen LogP contribution in [-0.2, 0) is 6.18 Å². The second-order valence-corrected chi connectivity index (χ2v) is 2.74.